The fourth-order valence-corrected chi connectivity index (χ4v) is 4.19. The first-order valence-electron chi connectivity index (χ1n) is 11.0. The van der Waals surface area contributed by atoms with Crippen LogP contribution in [0.1, 0.15) is 23.5 Å². The monoisotopic (exact) mass is 442 g/mol. The van der Waals surface area contributed by atoms with Crippen LogP contribution in [0.15, 0.2) is 55.0 Å². The number of nitrogens with one attached hydrogen (secondary N) is 1. The number of carbonyl (C=O) groups excluding carboxylic acids is 1. The van der Waals surface area contributed by atoms with E-state index in [-0.39, 0.29) is 17.7 Å². The van der Waals surface area contributed by atoms with Gasteiger partial charge in [0.25, 0.3) is 0 Å². The van der Waals surface area contributed by atoms with Gasteiger partial charge in [-0.15, -0.1) is 0 Å². The van der Waals surface area contributed by atoms with Gasteiger partial charge < -0.3 is 15.8 Å². The third-order valence-electron chi connectivity index (χ3n) is 6.15. The van der Waals surface area contributed by atoms with Crippen LogP contribution in [0.25, 0.3) is 22.0 Å². The zero-order valence-electron chi connectivity index (χ0n) is 18.7. The summed E-state index contributed by atoms with van der Waals surface area (Å²) in [6.45, 7) is 3.35. The summed E-state index contributed by atoms with van der Waals surface area (Å²) in [4.78, 5) is 21.8. The van der Waals surface area contributed by atoms with Crippen LogP contribution in [0.5, 0.6) is 0 Å². The minimum absolute atomic E-state index is 0.0300. The number of hydrogen-bond donors (Lipinski definition) is 2. The average Bonchev–Trinajstić information content (AvgIpc) is 3.48. The van der Waals surface area contributed by atoms with Gasteiger partial charge in [-0.3, -0.25) is 9.48 Å². The Balaban J connectivity index is 1.32. The first kappa shape index (κ1) is 21.1. The summed E-state index contributed by atoms with van der Waals surface area (Å²) in [6.07, 6.45) is 6.31. The molecule has 0 unspecified atom stereocenters. The number of anilines is 2. The first-order valence-corrected chi connectivity index (χ1v) is 11.0. The highest BCUT2D eigenvalue weighted by atomic mass is 16.5. The van der Waals surface area contributed by atoms with Gasteiger partial charge in [0.2, 0.25) is 5.91 Å². The van der Waals surface area contributed by atoms with Crippen LogP contribution in [0, 0.1) is 12.8 Å². The zero-order valence-corrected chi connectivity index (χ0v) is 18.7. The standard InChI is InChI=1S/C25H26N6O2/c1-15-5-3-4-6-18(15)22-9-16-10-23(27-13-21(16)24(26)29-22)30-25(32)20-11-19(20)17-12-28-31(14-17)7-8-33-2/h3-6,9-10,12-14,19-20H,7-8,11H2,1-2H3,(H2,26,29)(H,27,30,32)/t19-,20+/m0/s1. The lowest BCUT2D eigenvalue weighted by molar-refractivity contribution is -0.117. The van der Waals surface area contributed by atoms with E-state index >= 15 is 0 Å². The summed E-state index contributed by atoms with van der Waals surface area (Å²) in [5.41, 5.74) is 10.2. The number of benzene rings is 1. The van der Waals surface area contributed by atoms with E-state index in [0.29, 0.717) is 24.8 Å². The second kappa shape index (κ2) is 8.63. The summed E-state index contributed by atoms with van der Waals surface area (Å²) in [6, 6.07) is 11.9. The highest BCUT2D eigenvalue weighted by molar-refractivity contribution is 5.98. The Morgan fingerprint density at radius 2 is 2.12 bits per heavy atom. The molecule has 0 radical (unpaired) electrons. The molecule has 1 aliphatic carbocycles. The lowest BCUT2D eigenvalue weighted by Crippen LogP contribution is -2.15. The van der Waals surface area contributed by atoms with Crippen LogP contribution < -0.4 is 11.1 Å². The van der Waals surface area contributed by atoms with Crippen molar-refractivity contribution in [2.75, 3.05) is 24.8 Å². The number of fused-ring (bicyclic) bond motifs is 1. The highest BCUT2D eigenvalue weighted by Gasteiger charge is 2.44. The number of rotatable bonds is 7. The van der Waals surface area contributed by atoms with E-state index in [1.165, 1.54) is 0 Å². The molecule has 8 nitrogen and oxygen atoms in total. The number of ether oxygens (including phenoxy) is 1. The predicted octanol–water partition coefficient (Wildman–Crippen LogP) is 3.77. The third kappa shape index (κ3) is 4.29. The molecule has 2 atom stereocenters. The van der Waals surface area contributed by atoms with Gasteiger partial charge in [-0.2, -0.15) is 5.10 Å². The quantitative estimate of drug-likeness (QED) is 0.451. The molecule has 1 aliphatic rings. The lowest BCUT2D eigenvalue weighted by atomic mass is 10.0. The first-order chi connectivity index (χ1) is 16.0. The van der Waals surface area contributed by atoms with E-state index in [2.05, 4.69) is 20.4 Å². The van der Waals surface area contributed by atoms with Crippen molar-refractivity contribution in [2.45, 2.75) is 25.8 Å². The van der Waals surface area contributed by atoms with Crippen LogP contribution in [0.4, 0.5) is 11.6 Å². The average molecular weight is 443 g/mol. The smallest absolute Gasteiger partial charge is 0.229 e. The fourth-order valence-electron chi connectivity index (χ4n) is 4.19. The molecule has 168 valence electrons. The molecule has 0 bridgehead atoms. The van der Waals surface area contributed by atoms with Crippen LogP contribution in [-0.2, 0) is 16.1 Å². The number of nitrogens with zero attached hydrogens (tertiary/aromatic N) is 4. The van der Waals surface area contributed by atoms with Crippen LogP contribution in [0.2, 0.25) is 0 Å². The van der Waals surface area contributed by atoms with Crippen molar-refractivity contribution in [1.29, 1.82) is 0 Å². The molecule has 33 heavy (non-hydrogen) atoms. The number of hydrogen-bond acceptors (Lipinski definition) is 6. The fraction of sp³-hybridized carbons (Fsp3) is 0.280. The van der Waals surface area contributed by atoms with Crippen molar-refractivity contribution < 1.29 is 9.53 Å². The number of aryl methyl sites for hydroxylation is 1. The molecule has 8 heteroatoms. The molecule has 5 rings (SSSR count). The molecule has 0 aliphatic heterocycles. The van der Waals surface area contributed by atoms with Crippen LogP contribution in [-0.4, -0.2) is 39.4 Å². The number of methoxy groups -OCH3 is 1. The minimum atomic E-state index is -0.0763. The SMILES string of the molecule is COCCn1cc([C@@H]2C[C@H]2C(=O)Nc2cc3cc(-c4ccccc4C)nc(N)c3cn2)cn1. The molecule has 1 aromatic carbocycles. The molecule has 4 aromatic rings. The molecule has 0 spiro atoms. The summed E-state index contributed by atoms with van der Waals surface area (Å²) in [5, 5.41) is 8.97. The topological polar surface area (TPSA) is 108 Å². The summed E-state index contributed by atoms with van der Waals surface area (Å²) < 4.78 is 6.94. The molecule has 1 saturated carbocycles. The van der Waals surface area contributed by atoms with Gasteiger partial charge in [-0.05, 0) is 47.9 Å². The number of carbonyl (C=O) groups is 1. The lowest BCUT2D eigenvalue weighted by Gasteiger charge is -2.10. The van der Waals surface area contributed by atoms with Crippen molar-refractivity contribution >= 4 is 28.3 Å². The van der Waals surface area contributed by atoms with E-state index in [1.807, 2.05) is 60.4 Å². The van der Waals surface area contributed by atoms with Crippen molar-refractivity contribution in [2.24, 2.45) is 5.92 Å². The van der Waals surface area contributed by atoms with Crippen LogP contribution >= 0.6 is 0 Å². The van der Waals surface area contributed by atoms with Gasteiger partial charge in [0, 0.05) is 36.4 Å². The van der Waals surface area contributed by atoms with Crippen LogP contribution in [0.3, 0.4) is 0 Å². The van der Waals surface area contributed by atoms with Gasteiger partial charge in [0.05, 0.1) is 25.0 Å². The van der Waals surface area contributed by atoms with Gasteiger partial charge in [-0.25, -0.2) is 9.97 Å². The molecule has 3 N–H and O–H groups in total. The van der Waals surface area contributed by atoms with E-state index in [1.54, 1.807) is 13.3 Å². The van der Waals surface area contributed by atoms with Crippen molar-refractivity contribution in [1.82, 2.24) is 19.7 Å². The largest absolute Gasteiger partial charge is 0.383 e. The molecule has 1 amide bonds. The van der Waals surface area contributed by atoms with Gasteiger partial charge in [0.1, 0.15) is 11.6 Å². The Morgan fingerprint density at radius 1 is 1.27 bits per heavy atom. The number of amides is 1. The van der Waals surface area contributed by atoms with Gasteiger partial charge in [-0.1, -0.05) is 24.3 Å². The summed E-state index contributed by atoms with van der Waals surface area (Å²) in [5.74, 6) is 1.01. The Bertz CT molecular complexity index is 1330. The van der Waals surface area contributed by atoms with E-state index in [9.17, 15) is 4.79 Å². The van der Waals surface area contributed by atoms with E-state index in [4.69, 9.17) is 10.5 Å². The predicted molar refractivity (Wildman–Crippen MR) is 128 cm³/mol. The Kier molecular flexibility index (Phi) is 5.51. The second-order valence-electron chi connectivity index (χ2n) is 8.47. The molecular formula is C25H26N6O2. The summed E-state index contributed by atoms with van der Waals surface area (Å²) >= 11 is 0. The highest BCUT2D eigenvalue weighted by Crippen LogP contribution is 2.47. The molecule has 1 fully saturated rings. The van der Waals surface area contributed by atoms with E-state index in [0.717, 1.165) is 39.6 Å². The normalized spacial score (nSPS) is 17.3. The molecule has 0 saturated heterocycles. The Morgan fingerprint density at radius 3 is 2.94 bits per heavy atom. The maximum atomic E-state index is 12.8. The maximum absolute atomic E-state index is 12.8. The number of aromatic nitrogens is 4. The maximum Gasteiger partial charge on any atom is 0.229 e. The van der Waals surface area contributed by atoms with E-state index < -0.39 is 0 Å². The Hall–Kier alpha value is -3.78. The van der Waals surface area contributed by atoms with Crippen molar-refractivity contribution in [3.05, 3.63) is 66.1 Å². The molecule has 3 aromatic heterocycles. The van der Waals surface area contributed by atoms with Crippen molar-refractivity contribution in [3.8, 4) is 11.3 Å². The zero-order chi connectivity index (χ0) is 22.9. The van der Waals surface area contributed by atoms with Gasteiger partial charge in [0.15, 0.2) is 0 Å². The Labute approximate surface area is 191 Å². The van der Waals surface area contributed by atoms with Gasteiger partial charge >= 0.3 is 0 Å². The minimum Gasteiger partial charge on any atom is -0.383 e. The number of nitrogen functional groups attached to an aromatic ring is 1. The number of pyridine rings is 2. The molecular weight excluding hydrogens is 416 g/mol. The summed E-state index contributed by atoms with van der Waals surface area (Å²) in [7, 11) is 1.67. The second-order valence-corrected chi connectivity index (χ2v) is 8.47. The van der Waals surface area contributed by atoms with Crippen molar-refractivity contribution in [3.63, 3.8) is 0 Å². The molecule has 3 heterocycles. The number of nitrogens with two attached hydrogens (primary N) is 1. The third-order valence-corrected chi connectivity index (χ3v) is 6.15.